The van der Waals surface area contributed by atoms with Crippen molar-refractivity contribution in [3.05, 3.63) is 59.4 Å². The molecule has 8 heteroatoms. The van der Waals surface area contributed by atoms with Crippen LogP contribution < -0.4 is 10.0 Å². The van der Waals surface area contributed by atoms with Gasteiger partial charge in [-0.1, -0.05) is 36.8 Å². The van der Waals surface area contributed by atoms with Gasteiger partial charge in [0, 0.05) is 10.9 Å². The second kappa shape index (κ2) is 12.9. The SMILES string of the molecule is CN(C)CCC(CCc1ccccc1)Nc1c(F)cc(SNC(=O)C2(F)CCCCC2)cc1C#N. The van der Waals surface area contributed by atoms with E-state index in [1.807, 2.05) is 32.3 Å². The molecular weight excluding hydrogens is 466 g/mol. The molecule has 1 unspecified atom stereocenters. The smallest absolute Gasteiger partial charge is 0.267 e. The Labute approximate surface area is 211 Å². The minimum absolute atomic E-state index is 0.0323. The van der Waals surface area contributed by atoms with Gasteiger partial charge in [0.15, 0.2) is 5.67 Å². The van der Waals surface area contributed by atoms with E-state index in [2.05, 4.69) is 33.1 Å². The number of hydrogen-bond acceptors (Lipinski definition) is 5. The van der Waals surface area contributed by atoms with E-state index in [-0.39, 0.29) is 30.1 Å². The maximum atomic E-state index is 15.2. The highest BCUT2D eigenvalue weighted by molar-refractivity contribution is 7.98. The van der Waals surface area contributed by atoms with Gasteiger partial charge in [-0.15, -0.1) is 0 Å². The van der Waals surface area contributed by atoms with Crippen LogP contribution in [0.2, 0.25) is 0 Å². The van der Waals surface area contributed by atoms with Crippen molar-refractivity contribution in [1.29, 1.82) is 5.26 Å². The quantitative estimate of drug-likeness (QED) is 0.379. The van der Waals surface area contributed by atoms with Crippen molar-refractivity contribution in [3.8, 4) is 6.07 Å². The zero-order valence-electron chi connectivity index (χ0n) is 20.4. The molecule has 1 atom stereocenters. The molecule has 0 saturated heterocycles. The molecule has 3 rings (SSSR count). The summed E-state index contributed by atoms with van der Waals surface area (Å²) < 4.78 is 32.5. The van der Waals surface area contributed by atoms with Crippen molar-refractivity contribution < 1.29 is 13.6 Å². The fourth-order valence-corrected chi connectivity index (χ4v) is 5.04. The Hall–Kier alpha value is -2.63. The third kappa shape index (κ3) is 7.94. The van der Waals surface area contributed by atoms with Crippen LogP contribution in [-0.2, 0) is 11.2 Å². The molecule has 188 valence electrons. The molecular formula is C27H34F2N4OS. The lowest BCUT2D eigenvalue weighted by Crippen LogP contribution is -2.42. The molecule has 5 nitrogen and oxygen atoms in total. The van der Waals surface area contributed by atoms with Crippen LogP contribution in [0.5, 0.6) is 0 Å². The van der Waals surface area contributed by atoms with Crippen LogP contribution in [-0.4, -0.2) is 43.2 Å². The Bertz CT molecular complexity index is 1020. The van der Waals surface area contributed by atoms with Gasteiger partial charge in [-0.2, -0.15) is 5.26 Å². The number of rotatable bonds is 11. The predicted molar refractivity (Wildman–Crippen MR) is 137 cm³/mol. The number of carbonyl (C=O) groups excluding carboxylic acids is 1. The normalized spacial score (nSPS) is 15.9. The molecule has 2 aromatic rings. The zero-order valence-corrected chi connectivity index (χ0v) is 21.3. The average molecular weight is 501 g/mol. The summed E-state index contributed by atoms with van der Waals surface area (Å²) >= 11 is 0.849. The highest BCUT2D eigenvalue weighted by Crippen LogP contribution is 2.33. The molecule has 0 spiro atoms. The number of benzene rings is 2. The van der Waals surface area contributed by atoms with E-state index in [4.69, 9.17) is 0 Å². The standard InChI is InChI=1S/C27H34F2N4OS/c1-33(2)16-13-22(12-11-20-9-5-3-6-10-20)31-25-21(19-30)17-23(18-24(25)28)35-32-26(34)27(29)14-7-4-8-15-27/h3,5-6,9-10,17-18,22,31H,4,7-8,11-16H2,1-2H3,(H,32,34). The summed E-state index contributed by atoms with van der Waals surface area (Å²) in [6, 6.07) is 15.0. The molecule has 1 aliphatic carbocycles. The average Bonchev–Trinajstić information content (AvgIpc) is 2.86. The van der Waals surface area contributed by atoms with Gasteiger partial charge in [-0.25, -0.2) is 8.78 Å². The Morgan fingerprint density at radius 2 is 1.89 bits per heavy atom. The van der Waals surface area contributed by atoms with Gasteiger partial charge in [0.2, 0.25) is 0 Å². The summed E-state index contributed by atoms with van der Waals surface area (Å²) in [6.07, 6.45) is 5.11. The topological polar surface area (TPSA) is 68.2 Å². The molecule has 0 bridgehead atoms. The lowest BCUT2D eigenvalue weighted by Gasteiger charge is -2.27. The van der Waals surface area contributed by atoms with Crippen LogP contribution in [0.4, 0.5) is 14.5 Å². The minimum atomic E-state index is -1.87. The van der Waals surface area contributed by atoms with Crippen LogP contribution >= 0.6 is 11.9 Å². The van der Waals surface area contributed by atoms with Gasteiger partial charge in [-0.3, -0.25) is 9.52 Å². The van der Waals surface area contributed by atoms with Gasteiger partial charge in [-0.05, 0) is 95.2 Å². The van der Waals surface area contributed by atoms with Crippen LogP contribution in [0, 0.1) is 17.1 Å². The van der Waals surface area contributed by atoms with Crippen molar-refractivity contribution in [1.82, 2.24) is 9.62 Å². The summed E-state index contributed by atoms with van der Waals surface area (Å²) in [4.78, 5) is 14.8. The highest BCUT2D eigenvalue weighted by atomic mass is 32.2. The summed E-state index contributed by atoms with van der Waals surface area (Å²) in [5, 5.41) is 13.0. The summed E-state index contributed by atoms with van der Waals surface area (Å²) in [7, 11) is 3.98. The number of amides is 1. The van der Waals surface area contributed by atoms with E-state index in [0.29, 0.717) is 17.7 Å². The monoisotopic (exact) mass is 500 g/mol. The lowest BCUT2D eigenvalue weighted by atomic mass is 9.86. The van der Waals surface area contributed by atoms with Crippen molar-refractivity contribution in [2.45, 2.75) is 68.0 Å². The molecule has 1 saturated carbocycles. The first-order valence-electron chi connectivity index (χ1n) is 12.2. The van der Waals surface area contributed by atoms with E-state index < -0.39 is 17.4 Å². The number of hydrogen-bond donors (Lipinski definition) is 2. The number of alkyl halides is 1. The number of anilines is 1. The van der Waals surface area contributed by atoms with Gasteiger partial charge in [0.25, 0.3) is 5.91 Å². The summed E-state index contributed by atoms with van der Waals surface area (Å²) in [5.41, 5.74) is -0.351. The molecule has 35 heavy (non-hydrogen) atoms. The fraction of sp³-hybridized carbons (Fsp3) is 0.481. The second-order valence-electron chi connectivity index (χ2n) is 9.46. The first-order valence-corrected chi connectivity index (χ1v) is 13.0. The maximum absolute atomic E-state index is 15.2. The van der Waals surface area contributed by atoms with E-state index in [0.717, 1.165) is 44.2 Å². The van der Waals surface area contributed by atoms with Gasteiger partial charge in [0.05, 0.1) is 11.3 Å². The maximum Gasteiger partial charge on any atom is 0.267 e. The van der Waals surface area contributed by atoms with Crippen LogP contribution in [0.1, 0.15) is 56.1 Å². The molecule has 1 aliphatic rings. The van der Waals surface area contributed by atoms with Crippen LogP contribution in [0.25, 0.3) is 0 Å². The highest BCUT2D eigenvalue weighted by Gasteiger charge is 2.39. The van der Waals surface area contributed by atoms with E-state index >= 15 is 4.39 Å². The van der Waals surface area contributed by atoms with Gasteiger partial charge >= 0.3 is 0 Å². The van der Waals surface area contributed by atoms with Crippen LogP contribution in [0.15, 0.2) is 47.4 Å². The second-order valence-corrected chi connectivity index (χ2v) is 10.3. The Kier molecular flexibility index (Phi) is 9.93. The summed E-state index contributed by atoms with van der Waals surface area (Å²) in [6.45, 7) is 0.820. The number of nitrogens with one attached hydrogen (secondary N) is 2. The van der Waals surface area contributed by atoms with Crippen molar-refractivity contribution in [2.24, 2.45) is 0 Å². The van der Waals surface area contributed by atoms with Gasteiger partial charge in [0.1, 0.15) is 11.9 Å². The zero-order chi connectivity index (χ0) is 25.3. The van der Waals surface area contributed by atoms with E-state index in [9.17, 15) is 14.4 Å². The number of nitriles is 1. The summed E-state index contributed by atoms with van der Waals surface area (Å²) in [5.74, 6) is -1.25. The number of carbonyl (C=O) groups is 1. The lowest BCUT2D eigenvalue weighted by molar-refractivity contribution is -0.132. The first kappa shape index (κ1) is 27.0. The molecule has 2 aromatic carbocycles. The van der Waals surface area contributed by atoms with Gasteiger partial charge < -0.3 is 10.2 Å². The van der Waals surface area contributed by atoms with Crippen molar-refractivity contribution in [2.75, 3.05) is 26.0 Å². The largest absolute Gasteiger partial charge is 0.379 e. The Morgan fingerprint density at radius 3 is 2.54 bits per heavy atom. The Balaban J connectivity index is 1.69. The molecule has 0 radical (unpaired) electrons. The number of aryl methyl sites for hydroxylation is 1. The predicted octanol–water partition coefficient (Wildman–Crippen LogP) is 5.86. The number of nitrogens with zero attached hydrogens (tertiary/aromatic N) is 2. The van der Waals surface area contributed by atoms with Crippen LogP contribution in [0.3, 0.4) is 0 Å². The Morgan fingerprint density at radius 1 is 1.17 bits per heavy atom. The minimum Gasteiger partial charge on any atom is -0.379 e. The molecule has 1 fully saturated rings. The van der Waals surface area contributed by atoms with Crippen molar-refractivity contribution in [3.63, 3.8) is 0 Å². The number of halogens is 2. The van der Waals surface area contributed by atoms with Crippen molar-refractivity contribution >= 4 is 23.5 Å². The molecule has 0 aliphatic heterocycles. The third-order valence-electron chi connectivity index (χ3n) is 6.40. The van der Waals surface area contributed by atoms with E-state index in [1.54, 1.807) is 0 Å². The third-order valence-corrected chi connectivity index (χ3v) is 7.16. The molecule has 2 N–H and O–H groups in total. The first-order chi connectivity index (χ1) is 16.8. The molecule has 0 heterocycles. The molecule has 1 amide bonds. The fourth-order valence-electron chi connectivity index (χ4n) is 4.30. The van der Waals surface area contributed by atoms with E-state index in [1.165, 1.54) is 17.7 Å². The molecule has 0 aromatic heterocycles.